The Hall–Kier alpha value is -1.62. The number of hydrogen-bond acceptors (Lipinski definition) is 4. The van der Waals surface area contributed by atoms with E-state index in [1.54, 1.807) is 23.4 Å². The lowest BCUT2D eigenvalue weighted by Crippen LogP contribution is -2.41. The number of rotatable bonds is 4. The van der Waals surface area contributed by atoms with E-state index in [1.807, 2.05) is 7.05 Å². The Morgan fingerprint density at radius 3 is 3.11 bits per heavy atom. The largest absolute Gasteiger partial charge is 0.398 e. The number of nitrogens with zero attached hydrogens (tertiary/aromatic N) is 3. The van der Waals surface area contributed by atoms with E-state index in [2.05, 4.69) is 16.8 Å². The van der Waals surface area contributed by atoms with Crippen LogP contribution in [0, 0.1) is 0 Å². The highest BCUT2D eigenvalue weighted by Gasteiger charge is 2.26. The maximum Gasteiger partial charge on any atom is 0.257 e. The van der Waals surface area contributed by atoms with Gasteiger partial charge in [0, 0.05) is 37.7 Å². The van der Waals surface area contributed by atoms with Crippen molar-refractivity contribution < 1.29 is 4.79 Å². The second-order valence-corrected chi connectivity index (χ2v) is 5.07. The molecule has 0 unspecified atom stereocenters. The molecule has 1 atom stereocenters. The molecule has 1 aromatic rings. The first-order chi connectivity index (χ1) is 9.13. The average Bonchev–Trinajstić information content (AvgIpc) is 2.85. The molecule has 104 valence electrons. The third-order valence-corrected chi connectivity index (χ3v) is 3.82. The van der Waals surface area contributed by atoms with Crippen LogP contribution in [0.25, 0.3) is 0 Å². The van der Waals surface area contributed by atoms with Crippen LogP contribution in [-0.2, 0) is 0 Å². The molecule has 0 aromatic carbocycles. The van der Waals surface area contributed by atoms with Gasteiger partial charge in [0.05, 0.1) is 5.56 Å². The normalized spacial score (nSPS) is 19.6. The lowest BCUT2D eigenvalue weighted by molar-refractivity contribution is 0.0755. The monoisotopic (exact) mass is 262 g/mol. The predicted molar refractivity (Wildman–Crippen MR) is 75.9 cm³/mol. The zero-order valence-electron chi connectivity index (χ0n) is 11.7. The highest BCUT2D eigenvalue weighted by atomic mass is 16.2. The van der Waals surface area contributed by atoms with Gasteiger partial charge in [0.25, 0.3) is 5.91 Å². The van der Waals surface area contributed by atoms with Gasteiger partial charge >= 0.3 is 0 Å². The Morgan fingerprint density at radius 1 is 1.63 bits per heavy atom. The van der Waals surface area contributed by atoms with Crippen molar-refractivity contribution in [1.29, 1.82) is 0 Å². The van der Waals surface area contributed by atoms with Crippen molar-refractivity contribution in [2.24, 2.45) is 0 Å². The summed E-state index contributed by atoms with van der Waals surface area (Å²) in [7, 11) is 1.83. The molecule has 1 saturated heterocycles. The number of carbonyl (C=O) groups is 1. The molecule has 5 heteroatoms. The minimum absolute atomic E-state index is 0.0476. The fourth-order valence-electron chi connectivity index (χ4n) is 2.71. The van der Waals surface area contributed by atoms with Crippen molar-refractivity contribution in [2.75, 3.05) is 32.4 Å². The highest BCUT2D eigenvalue weighted by Crippen LogP contribution is 2.19. The molecule has 2 N–H and O–H groups in total. The third-order valence-electron chi connectivity index (χ3n) is 3.82. The van der Waals surface area contributed by atoms with Gasteiger partial charge in [0.2, 0.25) is 0 Å². The number of likely N-dealkylation sites (tertiary alicyclic amines) is 1. The lowest BCUT2D eigenvalue weighted by Gasteiger charge is -2.28. The molecule has 0 saturated carbocycles. The van der Waals surface area contributed by atoms with Crippen molar-refractivity contribution in [3.63, 3.8) is 0 Å². The fraction of sp³-hybridized carbons (Fsp3) is 0.571. The van der Waals surface area contributed by atoms with Crippen molar-refractivity contribution >= 4 is 11.6 Å². The summed E-state index contributed by atoms with van der Waals surface area (Å²) >= 11 is 0. The number of anilines is 1. The quantitative estimate of drug-likeness (QED) is 0.886. The number of nitrogen functional groups attached to an aromatic ring is 1. The molecule has 0 spiro atoms. The van der Waals surface area contributed by atoms with Crippen LogP contribution in [0.3, 0.4) is 0 Å². The maximum absolute atomic E-state index is 12.3. The minimum Gasteiger partial charge on any atom is -0.398 e. The Morgan fingerprint density at radius 2 is 2.42 bits per heavy atom. The number of hydrogen-bond donors (Lipinski definition) is 1. The van der Waals surface area contributed by atoms with Gasteiger partial charge in [0.1, 0.15) is 0 Å². The molecule has 2 heterocycles. The second kappa shape index (κ2) is 6.02. The first-order valence-corrected chi connectivity index (χ1v) is 6.82. The zero-order valence-corrected chi connectivity index (χ0v) is 11.7. The topological polar surface area (TPSA) is 62.5 Å². The zero-order chi connectivity index (χ0) is 13.8. The van der Waals surface area contributed by atoms with Gasteiger partial charge < -0.3 is 10.6 Å². The summed E-state index contributed by atoms with van der Waals surface area (Å²) in [6.45, 7) is 5.10. The van der Waals surface area contributed by atoms with E-state index in [-0.39, 0.29) is 5.91 Å². The molecule has 0 bridgehead atoms. The van der Waals surface area contributed by atoms with Gasteiger partial charge in [-0.15, -0.1) is 0 Å². The SMILES string of the molecule is CCN1CCC[C@@H]1CN(C)C(=O)c1cnccc1N. The van der Waals surface area contributed by atoms with E-state index in [0.29, 0.717) is 17.3 Å². The summed E-state index contributed by atoms with van der Waals surface area (Å²) in [4.78, 5) is 20.5. The van der Waals surface area contributed by atoms with Crippen molar-refractivity contribution in [2.45, 2.75) is 25.8 Å². The summed E-state index contributed by atoms with van der Waals surface area (Å²) in [5.41, 5.74) is 6.81. The molecule has 1 aromatic heterocycles. The molecule has 1 aliphatic rings. The number of likely N-dealkylation sites (N-methyl/N-ethyl adjacent to an activating group) is 2. The van der Waals surface area contributed by atoms with Crippen LogP contribution in [0.1, 0.15) is 30.1 Å². The Bertz CT molecular complexity index is 449. The van der Waals surface area contributed by atoms with E-state index in [4.69, 9.17) is 5.73 Å². The van der Waals surface area contributed by atoms with Gasteiger partial charge in [-0.1, -0.05) is 6.92 Å². The van der Waals surface area contributed by atoms with Crippen LogP contribution in [0.15, 0.2) is 18.5 Å². The summed E-state index contributed by atoms with van der Waals surface area (Å²) < 4.78 is 0. The maximum atomic E-state index is 12.3. The third kappa shape index (κ3) is 3.04. The molecular weight excluding hydrogens is 240 g/mol. The van der Waals surface area contributed by atoms with Crippen LogP contribution in [-0.4, -0.2) is 53.4 Å². The highest BCUT2D eigenvalue weighted by molar-refractivity contribution is 5.98. The summed E-state index contributed by atoms with van der Waals surface area (Å²) in [5.74, 6) is -0.0476. The van der Waals surface area contributed by atoms with Crippen LogP contribution in [0.2, 0.25) is 0 Å². The number of amides is 1. The Balaban J connectivity index is 2.02. The van der Waals surface area contributed by atoms with Crippen LogP contribution in [0.4, 0.5) is 5.69 Å². The van der Waals surface area contributed by atoms with E-state index in [1.165, 1.54) is 6.42 Å². The molecule has 1 fully saturated rings. The van der Waals surface area contributed by atoms with Crippen molar-refractivity contribution in [1.82, 2.24) is 14.8 Å². The van der Waals surface area contributed by atoms with E-state index in [0.717, 1.165) is 26.1 Å². The molecule has 19 heavy (non-hydrogen) atoms. The number of aromatic nitrogens is 1. The van der Waals surface area contributed by atoms with Crippen LogP contribution < -0.4 is 5.73 Å². The number of nitrogens with two attached hydrogens (primary N) is 1. The molecule has 1 aliphatic heterocycles. The number of carbonyl (C=O) groups excluding carboxylic acids is 1. The standard InChI is InChI=1S/C14H22N4O/c1-3-18-8-4-5-11(18)10-17(2)14(19)12-9-16-7-6-13(12)15/h6-7,9,11H,3-5,8,10H2,1-2H3,(H2,15,16)/t11-/m1/s1. The molecule has 0 aliphatic carbocycles. The smallest absolute Gasteiger partial charge is 0.257 e. The van der Waals surface area contributed by atoms with Crippen LogP contribution >= 0.6 is 0 Å². The first-order valence-electron chi connectivity index (χ1n) is 6.82. The molecule has 5 nitrogen and oxygen atoms in total. The van der Waals surface area contributed by atoms with Gasteiger partial charge in [-0.3, -0.25) is 14.7 Å². The Kier molecular flexibility index (Phi) is 4.37. The molecule has 1 amide bonds. The molecule has 0 radical (unpaired) electrons. The fourth-order valence-corrected chi connectivity index (χ4v) is 2.71. The van der Waals surface area contributed by atoms with E-state index < -0.39 is 0 Å². The van der Waals surface area contributed by atoms with Crippen molar-refractivity contribution in [3.05, 3.63) is 24.0 Å². The van der Waals surface area contributed by atoms with Gasteiger partial charge in [-0.05, 0) is 32.0 Å². The summed E-state index contributed by atoms with van der Waals surface area (Å²) in [5, 5.41) is 0. The predicted octanol–water partition coefficient (Wildman–Crippen LogP) is 1.22. The lowest BCUT2D eigenvalue weighted by atomic mass is 10.1. The van der Waals surface area contributed by atoms with Crippen molar-refractivity contribution in [3.8, 4) is 0 Å². The van der Waals surface area contributed by atoms with Crippen LogP contribution in [0.5, 0.6) is 0 Å². The number of pyridine rings is 1. The van der Waals surface area contributed by atoms with E-state index in [9.17, 15) is 4.79 Å². The molecule has 2 rings (SSSR count). The van der Waals surface area contributed by atoms with Gasteiger partial charge in [0.15, 0.2) is 0 Å². The second-order valence-electron chi connectivity index (χ2n) is 5.07. The van der Waals surface area contributed by atoms with Gasteiger partial charge in [-0.2, -0.15) is 0 Å². The Labute approximate surface area is 114 Å². The molecular formula is C14H22N4O. The first kappa shape index (κ1) is 13.8. The summed E-state index contributed by atoms with van der Waals surface area (Å²) in [6.07, 6.45) is 5.52. The average molecular weight is 262 g/mol. The van der Waals surface area contributed by atoms with Gasteiger partial charge in [-0.25, -0.2) is 0 Å². The minimum atomic E-state index is -0.0476. The van der Waals surface area contributed by atoms with E-state index >= 15 is 0 Å². The summed E-state index contributed by atoms with van der Waals surface area (Å²) in [6, 6.07) is 2.13.